The van der Waals surface area contributed by atoms with Gasteiger partial charge in [-0.25, -0.2) is 0 Å². The number of ether oxygens (including phenoxy) is 1. The fraction of sp³-hybridized carbons (Fsp3) is 0.833. The molecule has 18 heavy (non-hydrogen) atoms. The van der Waals surface area contributed by atoms with Crippen LogP contribution in [-0.4, -0.2) is 33.2 Å². The molecule has 2 heterocycles. The monoisotopic (exact) mass is 270 g/mol. The van der Waals surface area contributed by atoms with Gasteiger partial charge in [-0.3, -0.25) is 0 Å². The van der Waals surface area contributed by atoms with Gasteiger partial charge >= 0.3 is 0 Å². The van der Waals surface area contributed by atoms with E-state index in [0.717, 1.165) is 29.8 Å². The molecule has 2 N–H and O–H groups in total. The van der Waals surface area contributed by atoms with E-state index in [-0.39, 0.29) is 0 Å². The normalized spacial score (nSPS) is 19.9. The Labute approximate surface area is 112 Å². The molecule has 1 saturated heterocycles. The molecule has 5 nitrogen and oxygen atoms in total. The molecule has 0 amide bonds. The molecule has 0 aromatic carbocycles. The van der Waals surface area contributed by atoms with E-state index in [9.17, 15) is 0 Å². The minimum Gasteiger partial charge on any atom is -0.378 e. The number of rotatable bonds is 6. The zero-order valence-electron chi connectivity index (χ0n) is 11.1. The van der Waals surface area contributed by atoms with Crippen LogP contribution in [0.15, 0.2) is 5.16 Å². The van der Waals surface area contributed by atoms with Gasteiger partial charge in [-0.2, -0.15) is 0 Å². The van der Waals surface area contributed by atoms with Crippen molar-refractivity contribution in [2.75, 3.05) is 12.4 Å². The lowest BCUT2D eigenvalue weighted by Crippen LogP contribution is -2.12. The van der Waals surface area contributed by atoms with Gasteiger partial charge in [-0.1, -0.05) is 11.8 Å². The summed E-state index contributed by atoms with van der Waals surface area (Å²) in [6, 6.07) is 0.351. The van der Waals surface area contributed by atoms with Gasteiger partial charge in [0.05, 0.1) is 12.6 Å². The molecular weight excluding hydrogens is 248 g/mol. The van der Waals surface area contributed by atoms with Crippen LogP contribution in [0.25, 0.3) is 0 Å². The Morgan fingerprint density at radius 1 is 1.50 bits per heavy atom. The molecular formula is C12H22N4OS. The average Bonchev–Trinajstić information content (AvgIpc) is 2.97. The second kappa shape index (κ2) is 6.54. The van der Waals surface area contributed by atoms with Gasteiger partial charge in [0.15, 0.2) is 5.16 Å². The number of hydrogen-bond acceptors (Lipinski definition) is 5. The summed E-state index contributed by atoms with van der Waals surface area (Å²) in [6.07, 6.45) is 3.94. The van der Waals surface area contributed by atoms with Crippen LogP contribution in [-0.2, 0) is 11.3 Å². The Balaban J connectivity index is 1.89. The van der Waals surface area contributed by atoms with Crippen LogP contribution in [0, 0.1) is 0 Å². The first-order valence-electron chi connectivity index (χ1n) is 6.60. The molecule has 1 atom stereocenters. The van der Waals surface area contributed by atoms with Crippen LogP contribution >= 0.6 is 11.8 Å². The second-order valence-electron chi connectivity index (χ2n) is 4.84. The highest BCUT2D eigenvalue weighted by molar-refractivity contribution is 7.99. The Kier molecular flexibility index (Phi) is 5.03. The Morgan fingerprint density at radius 3 is 2.94 bits per heavy atom. The minimum absolute atomic E-state index is 0.351. The molecule has 102 valence electrons. The average molecular weight is 270 g/mol. The molecule has 0 aliphatic carbocycles. The second-order valence-corrected chi connectivity index (χ2v) is 5.90. The highest BCUT2D eigenvalue weighted by Gasteiger charge is 2.17. The summed E-state index contributed by atoms with van der Waals surface area (Å²) in [5.74, 6) is 1.89. The summed E-state index contributed by atoms with van der Waals surface area (Å²) in [5, 5.41) is 9.35. The van der Waals surface area contributed by atoms with E-state index >= 15 is 0 Å². The topological polar surface area (TPSA) is 66.0 Å². The first-order chi connectivity index (χ1) is 8.72. The third kappa shape index (κ3) is 3.24. The SMILES string of the molecule is CC(C)n1c(CN)nnc1SCCC1CCCO1. The number of nitrogens with two attached hydrogens (primary N) is 1. The van der Waals surface area contributed by atoms with Crippen molar-refractivity contribution in [3.63, 3.8) is 0 Å². The number of thioether (sulfide) groups is 1. The molecule has 1 aromatic heterocycles. The predicted octanol–water partition coefficient (Wildman–Crippen LogP) is 1.98. The third-order valence-electron chi connectivity index (χ3n) is 3.13. The predicted molar refractivity (Wildman–Crippen MR) is 72.6 cm³/mol. The van der Waals surface area contributed by atoms with E-state index < -0.39 is 0 Å². The summed E-state index contributed by atoms with van der Waals surface area (Å²) in [5.41, 5.74) is 5.68. The number of nitrogens with zero attached hydrogens (tertiary/aromatic N) is 3. The van der Waals surface area contributed by atoms with E-state index in [1.165, 1.54) is 12.8 Å². The summed E-state index contributed by atoms with van der Waals surface area (Å²) in [6.45, 7) is 5.63. The van der Waals surface area contributed by atoms with Crippen molar-refractivity contribution < 1.29 is 4.74 Å². The molecule has 2 rings (SSSR count). The largest absolute Gasteiger partial charge is 0.378 e. The van der Waals surface area contributed by atoms with E-state index in [0.29, 0.717) is 18.7 Å². The van der Waals surface area contributed by atoms with Gasteiger partial charge in [-0.05, 0) is 33.1 Å². The fourth-order valence-corrected chi connectivity index (χ4v) is 3.33. The molecule has 1 unspecified atom stereocenters. The van der Waals surface area contributed by atoms with Crippen molar-refractivity contribution in [3.05, 3.63) is 5.82 Å². The maximum Gasteiger partial charge on any atom is 0.191 e. The third-order valence-corrected chi connectivity index (χ3v) is 4.11. The Bertz CT molecular complexity index is 374. The molecule has 1 aliphatic rings. The van der Waals surface area contributed by atoms with Crippen molar-refractivity contribution in [2.24, 2.45) is 5.73 Å². The van der Waals surface area contributed by atoms with Crippen LogP contribution in [0.1, 0.15) is 45.0 Å². The van der Waals surface area contributed by atoms with Gasteiger partial charge in [0, 0.05) is 18.4 Å². The molecule has 1 fully saturated rings. The van der Waals surface area contributed by atoms with E-state index in [1.54, 1.807) is 11.8 Å². The number of aromatic nitrogens is 3. The van der Waals surface area contributed by atoms with Gasteiger partial charge in [0.25, 0.3) is 0 Å². The van der Waals surface area contributed by atoms with Crippen molar-refractivity contribution in [3.8, 4) is 0 Å². The maximum atomic E-state index is 5.68. The van der Waals surface area contributed by atoms with Crippen LogP contribution in [0.5, 0.6) is 0 Å². The summed E-state index contributed by atoms with van der Waals surface area (Å²) in [4.78, 5) is 0. The molecule has 1 aromatic rings. The lowest BCUT2D eigenvalue weighted by molar-refractivity contribution is 0.109. The summed E-state index contributed by atoms with van der Waals surface area (Å²) in [7, 11) is 0. The van der Waals surface area contributed by atoms with E-state index in [2.05, 4.69) is 28.6 Å². The Morgan fingerprint density at radius 2 is 2.33 bits per heavy atom. The van der Waals surface area contributed by atoms with Crippen LogP contribution in [0.2, 0.25) is 0 Å². The highest BCUT2D eigenvalue weighted by Crippen LogP contribution is 2.24. The molecule has 0 saturated carbocycles. The number of hydrogen-bond donors (Lipinski definition) is 1. The van der Waals surface area contributed by atoms with Gasteiger partial charge in [0.2, 0.25) is 0 Å². The summed E-state index contributed by atoms with van der Waals surface area (Å²) >= 11 is 1.75. The summed E-state index contributed by atoms with van der Waals surface area (Å²) < 4.78 is 7.74. The zero-order valence-corrected chi connectivity index (χ0v) is 11.9. The van der Waals surface area contributed by atoms with Crippen LogP contribution in [0.4, 0.5) is 0 Å². The highest BCUT2D eigenvalue weighted by atomic mass is 32.2. The standard InChI is InChI=1S/C12H22N4OS/c1-9(2)16-11(8-13)14-15-12(16)18-7-5-10-4-3-6-17-10/h9-10H,3-8,13H2,1-2H3. The van der Waals surface area contributed by atoms with Crippen LogP contribution < -0.4 is 5.73 Å². The van der Waals surface area contributed by atoms with Crippen molar-refractivity contribution in [2.45, 2.75) is 57.0 Å². The Hall–Kier alpha value is -0.590. The van der Waals surface area contributed by atoms with Gasteiger partial charge in [-0.15, -0.1) is 10.2 Å². The van der Waals surface area contributed by atoms with Crippen molar-refractivity contribution >= 4 is 11.8 Å². The molecule has 0 radical (unpaired) electrons. The minimum atomic E-state index is 0.351. The lowest BCUT2D eigenvalue weighted by Gasteiger charge is -2.13. The zero-order chi connectivity index (χ0) is 13.0. The van der Waals surface area contributed by atoms with Gasteiger partial charge in [0.1, 0.15) is 5.82 Å². The molecule has 0 spiro atoms. The molecule has 0 bridgehead atoms. The lowest BCUT2D eigenvalue weighted by atomic mass is 10.2. The smallest absolute Gasteiger partial charge is 0.191 e. The fourth-order valence-electron chi connectivity index (χ4n) is 2.22. The van der Waals surface area contributed by atoms with Crippen molar-refractivity contribution in [1.29, 1.82) is 0 Å². The first kappa shape index (κ1) is 13.8. The molecule has 6 heteroatoms. The van der Waals surface area contributed by atoms with Gasteiger partial charge < -0.3 is 15.0 Å². The maximum absolute atomic E-state index is 5.68. The van der Waals surface area contributed by atoms with Crippen LogP contribution in [0.3, 0.4) is 0 Å². The van der Waals surface area contributed by atoms with E-state index in [1.807, 2.05) is 0 Å². The quantitative estimate of drug-likeness (QED) is 0.801. The van der Waals surface area contributed by atoms with E-state index in [4.69, 9.17) is 10.5 Å². The van der Waals surface area contributed by atoms with Crippen molar-refractivity contribution in [1.82, 2.24) is 14.8 Å². The molecule has 1 aliphatic heterocycles. The first-order valence-corrected chi connectivity index (χ1v) is 7.59.